The molecule has 33 heavy (non-hydrogen) atoms. The number of thioether (sulfide) groups is 1. The number of hydrogen-bond acceptors (Lipinski definition) is 5. The van der Waals surface area contributed by atoms with E-state index in [2.05, 4.69) is 43.2 Å². The van der Waals surface area contributed by atoms with Gasteiger partial charge in [-0.2, -0.15) is 0 Å². The summed E-state index contributed by atoms with van der Waals surface area (Å²) in [6.45, 7) is 7.75. The summed E-state index contributed by atoms with van der Waals surface area (Å²) in [6, 6.07) is 4.58. The quantitative estimate of drug-likeness (QED) is 0.328. The van der Waals surface area contributed by atoms with E-state index in [0.29, 0.717) is 11.7 Å². The highest BCUT2D eigenvalue weighted by atomic mass is 32.2. The van der Waals surface area contributed by atoms with Crippen molar-refractivity contribution < 1.29 is 14.3 Å². The van der Waals surface area contributed by atoms with Gasteiger partial charge in [0.2, 0.25) is 5.91 Å². The lowest BCUT2D eigenvalue weighted by molar-refractivity contribution is -0.132. The lowest BCUT2D eigenvalue weighted by Gasteiger charge is -2.55. The van der Waals surface area contributed by atoms with Crippen molar-refractivity contribution >= 4 is 29.3 Å². The van der Waals surface area contributed by atoms with E-state index in [1.54, 1.807) is 6.92 Å². The number of fused-ring (bicyclic) bond motifs is 3. The second-order valence-corrected chi connectivity index (χ2v) is 12.0. The molecule has 1 aromatic carbocycles. The van der Waals surface area contributed by atoms with Crippen LogP contribution < -0.4 is 15.0 Å². The van der Waals surface area contributed by atoms with E-state index in [4.69, 9.17) is 4.74 Å². The molecular weight excluding hydrogens is 432 g/mol. The molecule has 2 saturated carbocycles. The molecular formula is C27H40N2O3S. The molecule has 0 aromatic heterocycles. The Morgan fingerprint density at radius 1 is 1.12 bits per heavy atom. The van der Waals surface area contributed by atoms with Gasteiger partial charge in [-0.1, -0.05) is 19.3 Å². The van der Waals surface area contributed by atoms with Gasteiger partial charge in [0.15, 0.2) is 0 Å². The van der Waals surface area contributed by atoms with E-state index in [-0.39, 0.29) is 29.4 Å². The van der Waals surface area contributed by atoms with Crippen molar-refractivity contribution in [2.24, 2.45) is 11.8 Å². The van der Waals surface area contributed by atoms with Crippen molar-refractivity contribution in [3.8, 4) is 5.75 Å². The molecule has 6 heteroatoms. The largest absolute Gasteiger partial charge is 0.426 e. The highest BCUT2D eigenvalue weighted by Crippen LogP contribution is 2.56. The van der Waals surface area contributed by atoms with Crippen LogP contribution in [0.3, 0.4) is 0 Å². The van der Waals surface area contributed by atoms with E-state index < -0.39 is 0 Å². The topological polar surface area (TPSA) is 58.6 Å². The van der Waals surface area contributed by atoms with E-state index in [1.165, 1.54) is 49.6 Å². The number of carbonyl (C=O) groups is 2. The van der Waals surface area contributed by atoms with Crippen LogP contribution in [-0.2, 0) is 9.59 Å². The molecule has 5 nitrogen and oxygen atoms in total. The Morgan fingerprint density at radius 3 is 2.52 bits per heavy atom. The zero-order chi connectivity index (χ0) is 23.8. The Morgan fingerprint density at radius 2 is 1.85 bits per heavy atom. The summed E-state index contributed by atoms with van der Waals surface area (Å²) in [5.74, 6) is 3.07. The molecule has 1 aromatic rings. The first-order chi connectivity index (χ1) is 15.7. The molecule has 0 saturated heterocycles. The van der Waals surface area contributed by atoms with Gasteiger partial charge in [0.1, 0.15) is 5.75 Å². The molecule has 3 atom stereocenters. The van der Waals surface area contributed by atoms with Crippen molar-refractivity contribution in [2.75, 3.05) is 17.7 Å². The van der Waals surface area contributed by atoms with Gasteiger partial charge in [-0.3, -0.25) is 9.59 Å². The van der Waals surface area contributed by atoms with Gasteiger partial charge in [0.05, 0.1) is 0 Å². The van der Waals surface area contributed by atoms with Crippen LogP contribution in [0.5, 0.6) is 5.75 Å². The first-order valence-electron chi connectivity index (χ1n) is 12.7. The predicted octanol–water partition coefficient (Wildman–Crippen LogP) is 5.90. The van der Waals surface area contributed by atoms with Crippen molar-refractivity contribution in [1.82, 2.24) is 5.32 Å². The number of nitrogens with one attached hydrogen (secondary N) is 1. The fourth-order valence-electron chi connectivity index (χ4n) is 6.44. The molecule has 0 bridgehead atoms. The number of anilines is 1. The maximum Gasteiger partial charge on any atom is 0.308 e. The van der Waals surface area contributed by atoms with Crippen molar-refractivity contribution in [2.45, 2.75) is 101 Å². The average molecular weight is 473 g/mol. The molecule has 3 aliphatic rings. The van der Waals surface area contributed by atoms with Crippen molar-refractivity contribution in [3.05, 3.63) is 17.7 Å². The van der Waals surface area contributed by atoms with Gasteiger partial charge in [-0.05, 0) is 75.8 Å². The minimum absolute atomic E-state index is 0.0149. The standard InChI is InChI=1S/C27H40N2O3S/c1-17(30)28-20-11-12-23-22(13-20)26-24(29(5)27(23,3)4)14-21(15-25(26)32-18(2)31)33-16-19-9-7-6-8-10-19/h14-15,19-20,22-23H,6-13,16H2,1-5H3,(H,28,30). The Bertz CT molecular complexity index is 894. The molecule has 182 valence electrons. The smallest absolute Gasteiger partial charge is 0.308 e. The van der Waals surface area contributed by atoms with Gasteiger partial charge in [0, 0.05) is 54.4 Å². The fraction of sp³-hybridized carbons (Fsp3) is 0.704. The van der Waals surface area contributed by atoms with Crippen LogP contribution in [0.2, 0.25) is 0 Å². The summed E-state index contributed by atoms with van der Waals surface area (Å²) in [5.41, 5.74) is 2.31. The fourth-order valence-corrected chi connectivity index (χ4v) is 7.59. The number of carbonyl (C=O) groups excluding carboxylic acids is 2. The minimum Gasteiger partial charge on any atom is -0.426 e. The van der Waals surface area contributed by atoms with E-state index >= 15 is 0 Å². The third-order valence-corrected chi connectivity index (χ3v) is 9.53. The molecule has 0 radical (unpaired) electrons. The lowest BCUT2D eigenvalue weighted by atomic mass is 9.62. The van der Waals surface area contributed by atoms with E-state index in [1.807, 2.05) is 11.8 Å². The van der Waals surface area contributed by atoms with Crippen LogP contribution in [0.25, 0.3) is 0 Å². The van der Waals surface area contributed by atoms with Gasteiger partial charge < -0.3 is 15.0 Å². The maximum absolute atomic E-state index is 12.1. The second-order valence-electron chi connectivity index (χ2n) is 10.9. The molecule has 1 aliphatic heterocycles. The Kier molecular flexibility index (Phi) is 7.32. The number of nitrogens with zero attached hydrogens (tertiary/aromatic N) is 1. The molecule has 0 spiro atoms. The number of esters is 1. The maximum atomic E-state index is 12.1. The molecule has 1 heterocycles. The minimum atomic E-state index is -0.273. The summed E-state index contributed by atoms with van der Waals surface area (Å²) < 4.78 is 5.86. The summed E-state index contributed by atoms with van der Waals surface area (Å²) >= 11 is 1.91. The highest BCUT2D eigenvalue weighted by molar-refractivity contribution is 7.99. The predicted molar refractivity (Wildman–Crippen MR) is 135 cm³/mol. The van der Waals surface area contributed by atoms with Crippen molar-refractivity contribution in [3.63, 3.8) is 0 Å². The zero-order valence-corrected chi connectivity index (χ0v) is 21.7. The van der Waals surface area contributed by atoms with Crippen LogP contribution in [0.1, 0.15) is 90.5 Å². The van der Waals surface area contributed by atoms with Crippen LogP contribution in [-0.4, -0.2) is 36.3 Å². The Labute approximate surface area is 203 Å². The first-order valence-corrected chi connectivity index (χ1v) is 13.7. The Hall–Kier alpha value is -1.69. The average Bonchev–Trinajstić information content (AvgIpc) is 2.76. The number of ether oxygens (including phenoxy) is 1. The van der Waals surface area contributed by atoms with Crippen LogP contribution in [0.15, 0.2) is 17.0 Å². The number of benzene rings is 1. The summed E-state index contributed by atoms with van der Waals surface area (Å²) in [5, 5.41) is 3.15. The molecule has 2 aliphatic carbocycles. The summed E-state index contributed by atoms with van der Waals surface area (Å²) in [7, 11) is 2.18. The van der Waals surface area contributed by atoms with Crippen molar-refractivity contribution in [1.29, 1.82) is 0 Å². The number of amides is 1. The zero-order valence-electron chi connectivity index (χ0n) is 20.9. The van der Waals surface area contributed by atoms with Crippen LogP contribution >= 0.6 is 11.8 Å². The van der Waals surface area contributed by atoms with Gasteiger partial charge >= 0.3 is 5.97 Å². The number of rotatable bonds is 5. The lowest BCUT2D eigenvalue weighted by Crippen LogP contribution is -2.56. The Balaban J connectivity index is 1.70. The van der Waals surface area contributed by atoms with E-state index in [0.717, 1.165) is 36.5 Å². The molecule has 1 N–H and O–H groups in total. The van der Waals surface area contributed by atoms with Crippen LogP contribution in [0, 0.1) is 11.8 Å². The molecule has 3 unspecified atom stereocenters. The van der Waals surface area contributed by atoms with Gasteiger partial charge in [-0.25, -0.2) is 0 Å². The normalized spacial score (nSPS) is 26.8. The van der Waals surface area contributed by atoms with Gasteiger partial charge in [0.25, 0.3) is 0 Å². The van der Waals surface area contributed by atoms with Crippen LogP contribution in [0.4, 0.5) is 5.69 Å². The molecule has 2 fully saturated rings. The third kappa shape index (κ3) is 5.21. The summed E-state index contributed by atoms with van der Waals surface area (Å²) in [4.78, 5) is 27.4. The number of hydrogen-bond donors (Lipinski definition) is 1. The van der Waals surface area contributed by atoms with Gasteiger partial charge in [-0.15, -0.1) is 11.8 Å². The third-order valence-electron chi connectivity index (χ3n) is 8.32. The second kappa shape index (κ2) is 9.89. The summed E-state index contributed by atoms with van der Waals surface area (Å²) in [6.07, 6.45) is 9.66. The first kappa shape index (κ1) is 24.4. The monoisotopic (exact) mass is 472 g/mol. The molecule has 1 amide bonds. The molecule has 4 rings (SSSR count). The highest BCUT2D eigenvalue weighted by Gasteiger charge is 2.49. The van der Waals surface area contributed by atoms with E-state index in [9.17, 15) is 9.59 Å². The SMILES string of the molecule is CC(=O)NC1CCC2C(C1)c1c(OC(C)=O)cc(SCC3CCCCC3)cc1N(C)C2(C)C.